The van der Waals surface area contributed by atoms with E-state index in [4.69, 9.17) is 5.26 Å². The molecule has 4 heteroatoms. The largest absolute Gasteiger partial charge is 0.321 e. The van der Waals surface area contributed by atoms with Crippen molar-refractivity contribution >= 4 is 33.6 Å². The van der Waals surface area contributed by atoms with E-state index >= 15 is 0 Å². The standard InChI is InChI=1S/C16H11BrN2O/c17-15-9-5-4-6-12(15)10-13(11-18)16(20)19-14-7-2-1-3-8-14/h1-10H,(H,19,20)/b13-10+. The maximum Gasteiger partial charge on any atom is 0.266 e. The minimum absolute atomic E-state index is 0.0563. The number of nitrogens with zero attached hydrogens (tertiary/aromatic N) is 1. The molecule has 1 N–H and O–H groups in total. The summed E-state index contributed by atoms with van der Waals surface area (Å²) in [6.07, 6.45) is 1.56. The van der Waals surface area contributed by atoms with Crippen molar-refractivity contribution in [3.8, 4) is 6.07 Å². The molecular weight excluding hydrogens is 316 g/mol. The highest BCUT2D eigenvalue weighted by Crippen LogP contribution is 2.19. The predicted octanol–water partition coefficient (Wildman–Crippen LogP) is 3.99. The van der Waals surface area contributed by atoms with Crippen LogP contribution in [0.15, 0.2) is 64.6 Å². The maximum atomic E-state index is 12.0. The van der Waals surface area contributed by atoms with Crippen LogP contribution in [0.25, 0.3) is 6.08 Å². The fourth-order valence-corrected chi connectivity index (χ4v) is 2.02. The van der Waals surface area contributed by atoms with Gasteiger partial charge in [-0.2, -0.15) is 5.26 Å². The van der Waals surface area contributed by atoms with Crippen molar-refractivity contribution in [2.75, 3.05) is 5.32 Å². The Balaban J connectivity index is 2.23. The molecule has 0 radical (unpaired) electrons. The average molecular weight is 327 g/mol. The topological polar surface area (TPSA) is 52.9 Å². The number of hydrogen-bond acceptors (Lipinski definition) is 2. The zero-order valence-electron chi connectivity index (χ0n) is 10.5. The minimum atomic E-state index is -0.422. The predicted molar refractivity (Wildman–Crippen MR) is 82.8 cm³/mol. The third kappa shape index (κ3) is 3.56. The van der Waals surface area contributed by atoms with Gasteiger partial charge >= 0.3 is 0 Å². The third-order valence-corrected chi connectivity index (χ3v) is 3.32. The van der Waals surface area contributed by atoms with E-state index in [-0.39, 0.29) is 5.57 Å². The number of hydrogen-bond donors (Lipinski definition) is 1. The Morgan fingerprint density at radius 1 is 1.10 bits per heavy atom. The van der Waals surface area contributed by atoms with Crippen LogP contribution in [0.5, 0.6) is 0 Å². The molecule has 20 heavy (non-hydrogen) atoms. The lowest BCUT2D eigenvalue weighted by Crippen LogP contribution is -2.13. The summed E-state index contributed by atoms with van der Waals surface area (Å²) in [4.78, 5) is 12.0. The summed E-state index contributed by atoms with van der Waals surface area (Å²) in [5, 5.41) is 11.8. The normalized spacial score (nSPS) is 10.7. The van der Waals surface area contributed by atoms with Gasteiger partial charge in [-0.25, -0.2) is 0 Å². The lowest BCUT2D eigenvalue weighted by atomic mass is 10.1. The van der Waals surface area contributed by atoms with Crippen molar-refractivity contribution in [2.45, 2.75) is 0 Å². The summed E-state index contributed by atoms with van der Waals surface area (Å²) in [7, 11) is 0. The lowest BCUT2D eigenvalue weighted by Gasteiger charge is -2.04. The molecule has 2 rings (SSSR count). The number of rotatable bonds is 3. The summed E-state index contributed by atoms with van der Waals surface area (Å²) in [6.45, 7) is 0. The molecule has 0 saturated heterocycles. The molecular formula is C16H11BrN2O. The van der Waals surface area contributed by atoms with E-state index < -0.39 is 5.91 Å². The van der Waals surface area contributed by atoms with Crippen molar-refractivity contribution in [1.29, 1.82) is 5.26 Å². The van der Waals surface area contributed by atoms with Crippen molar-refractivity contribution < 1.29 is 4.79 Å². The van der Waals surface area contributed by atoms with Gasteiger partial charge < -0.3 is 5.32 Å². The number of nitriles is 1. The maximum absolute atomic E-state index is 12.0. The van der Waals surface area contributed by atoms with Gasteiger partial charge in [0.25, 0.3) is 5.91 Å². The second-order valence-electron chi connectivity index (χ2n) is 4.01. The van der Waals surface area contributed by atoms with Crippen molar-refractivity contribution in [3.05, 3.63) is 70.2 Å². The SMILES string of the molecule is N#C/C(=C\c1ccccc1Br)C(=O)Nc1ccccc1. The van der Waals surface area contributed by atoms with Gasteiger partial charge in [0, 0.05) is 10.2 Å². The molecule has 98 valence electrons. The van der Waals surface area contributed by atoms with Gasteiger partial charge in [0.15, 0.2) is 0 Å². The molecule has 2 aromatic carbocycles. The molecule has 0 spiro atoms. The first-order chi connectivity index (χ1) is 9.70. The van der Waals surface area contributed by atoms with Gasteiger partial charge in [-0.05, 0) is 29.8 Å². The zero-order valence-corrected chi connectivity index (χ0v) is 12.1. The van der Waals surface area contributed by atoms with E-state index in [2.05, 4.69) is 21.2 Å². The minimum Gasteiger partial charge on any atom is -0.321 e. The van der Waals surface area contributed by atoms with Crippen molar-refractivity contribution in [3.63, 3.8) is 0 Å². The number of para-hydroxylation sites is 1. The average Bonchev–Trinajstić information content (AvgIpc) is 2.47. The summed E-state index contributed by atoms with van der Waals surface area (Å²) in [5.74, 6) is -0.422. The van der Waals surface area contributed by atoms with E-state index in [0.29, 0.717) is 5.69 Å². The number of halogens is 1. The van der Waals surface area contributed by atoms with Gasteiger partial charge in [0.2, 0.25) is 0 Å². The molecule has 1 amide bonds. The fourth-order valence-electron chi connectivity index (χ4n) is 1.62. The number of anilines is 1. The number of benzene rings is 2. The van der Waals surface area contributed by atoms with Crippen LogP contribution in [0.1, 0.15) is 5.56 Å². The number of carbonyl (C=O) groups is 1. The van der Waals surface area contributed by atoms with Gasteiger partial charge in [0.05, 0.1) is 0 Å². The van der Waals surface area contributed by atoms with E-state index in [9.17, 15) is 4.79 Å². The van der Waals surface area contributed by atoms with Gasteiger partial charge in [-0.15, -0.1) is 0 Å². The van der Waals surface area contributed by atoms with Crippen LogP contribution in [-0.2, 0) is 4.79 Å². The second kappa shape index (κ2) is 6.69. The smallest absolute Gasteiger partial charge is 0.266 e. The van der Waals surface area contributed by atoms with Gasteiger partial charge in [-0.1, -0.05) is 52.3 Å². The molecule has 0 fully saturated rings. The highest BCUT2D eigenvalue weighted by atomic mass is 79.9. The molecule has 0 aliphatic heterocycles. The summed E-state index contributed by atoms with van der Waals surface area (Å²) < 4.78 is 0.834. The molecule has 2 aromatic rings. The van der Waals surface area contributed by atoms with E-state index in [1.165, 1.54) is 0 Å². The number of nitrogens with one attached hydrogen (secondary N) is 1. The molecule has 0 aromatic heterocycles. The van der Waals surface area contributed by atoms with Crippen LogP contribution in [-0.4, -0.2) is 5.91 Å². The van der Waals surface area contributed by atoms with E-state index in [1.54, 1.807) is 18.2 Å². The Kier molecular flexibility index (Phi) is 4.70. The second-order valence-corrected chi connectivity index (χ2v) is 4.87. The fraction of sp³-hybridized carbons (Fsp3) is 0. The Labute approximate surface area is 125 Å². The molecule has 0 heterocycles. The monoisotopic (exact) mass is 326 g/mol. The number of amides is 1. The van der Waals surface area contributed by atoms with Crippen LogP contribution >= 0.6 is 15.9 Å². The lowest BCUT2D eigenvalue weighted by molar-refractivity contribution is -0.112. The van der Waals surface area contributed by atoms with Crippen molar-refractivity contribution in [1.82, 2.24) is 0 Å². The summed E-state index contributed by atoms with van der Waals surface area (Å²) in [6, 6.07) is 18.4. The van der Waals surface area contributed by atoms with Crippen LogP contribution < -0.4 is 5.32 Å². The molecule has 0 bridgehead atoms. The molecule has 3 nitrogen and oxygen atoms in total. The van der Waals surface area contributed by atoms with Crippen LogP contribution in [0.4, 0.5) is 5.69 Å². The Morgan fingerprint density at radius 2 is 1.75 bits per heavy atom. The zero-order chi connectivity index (χ0) is 14.4. The van der Waals surface area contributed by atoms with E-state index in [1.807, 2.05) is 48.5 Å². The van der Waals surface area contributed by atoms with Crippen molar-refractivity contribution in [2.24, 2.45) is 0 Å². The first kappa shape index (κ1) is 14.0. The molecule has 0 atom stereocenters. The van der Waals surface area contributed by atoms with Gasteiger partial charge in [0.1, 0.15) is 11.6 Å². The van der Waals surface area contributed by atoms with Crippen LogP contribution in [0, 0.1) is 11.3 Å². The molecule has 0 aliphatic carbocycles. The molecule has 0 saturated carbocycles. The summed E-state index contributed by atoms with van der Waals surface area (Å²) >= 11 is 3.38. The third-order valence-electron chi connectivity index (χ3n) is 2.60. The highest BCUT2D eigenvalue weighted by molar-refractivity contribution is 9.10. The van der Waals surface area contributed by atoms with Crippen LogP contribution in [0.2, 0.25) is 0 Å². The quantitative estimate of drug-likeness (QED) is 0.684. The summed E-state index contributed by atoms with van der Waals surface area (Å²) in [5.41, 5.74) is 1.50. The first-order valence-corrected chi connectivity index (χ1v) is 6.73. The Bertz CT molecular complexity index is 687. The van der Waals surface area contributed by atoms with Crippen LogP contribution in [0.3, 0.4) is 0 Å². The van der Waals surface area contributed by atoms with E-state index in [0.717, 1.165) is 10.0 Å². The number of carbonyl (C=O) groups excluding carboxylic acids is 1. The first-order valence-electron chi connectivity index (χ1n) is 5.93. The van der Waals surface area contributed by atoms with Gasteiger partial charge in [-0.3, -0.25) is 4.79 Å². The Morgan fingerprint density at radius 3 is 2.40 bits per heavy atom. The highest BCUT2D eigenvalue weighted by Gasteiger charge is 2.09. The molecule has 0 unspecified atom stereocenters. The Hall–Kier alpha value is -2.38. The molecule has 0 aliphatic rings.